The Balaban J connectivity index is 2.01. The van der Waals surface area contributed by atoms with E-state index in [2.05, 4.69) is 18.7 Å². The molecular formula is C22H30ClNO2. The van der Waals surface area contributed by atoms with Gasteiger partial charge in [0.05, 0.1) is 6.61 Å². The molecule has 1 atom stereocenters. The van der Waals surface area contributed by atoms with E-state index in [0.717, 1.165) is 42.9 Å². The molecule has 0 aromatic heterocycles. The second-order valence-electron chi connectivity index (χ2n) is 6.48. The van der Waals surface area contributed by atoms with Crippen LogP contribution >= 0.6 is 11.6 Å². The molecule has 0 aliphatic heterocycles. The van der Waals surface area contributed by atoms with Gasteiger partial charge in [-0.3, -0.25) is 0 Å². The van der Waals surface area contributed by atoms with E-state index in [4.69, 9.17) is 16.3 Å². The van der Waals surface area contributed by atoms with Gasteiger partial charge in [0.25, 0.3) is 0 Å². The fourth-order valence-corrected chi connectivity index (χ4v) is 3.36. The van der Waals surface area contributed by atoms with Crippen LogP contribution in [0.3, 0.4) is 0 Å². The first-order valence-corrected chi connectivity index (χ1v) is 9.85. The molecule has 0 aliphatic rings. The molecule has 0 heterocycles. The first-order valence-electron chi connectivity index (χ1n) is 9.47. The molecule has 2 rings (SSSR count). The van der Waals surface area contributed by atoms with E-state index in [0.29, 0.717) is 18.1 Å². The molecule has 1 unspecified atom stereocenters. The normalized spacial score (nSPS) is 13.6. The average molecular weight is 376 g/mol. The third kappa shape index (κ3) is 5.23. The van der Waals surface area contributed by atoms with E-state index in [1.165, 1.54) is 0 Å². The summed E-state index contributed by atoms with van der Waals surface area (Å²) in [5.41, 5.74) is 0.602. The Bertz CT molecular complexity index is 670. The first kappa shape index (κ1) is 20.8. The van der Waals surface area contributed by atoms with Crippen molar-refractivity contribution < 1.29 is 9.84 Å². The van der Waals surface area contributed by atoms with Gasteiger partial charge < -0.3 is 14.7 Å². The zero-order chi connectivity index (χ0) is 19.0. The third-order valence-electron chi connectivity index (χ3n) is 4.93. The van der Waals surface area contributed by atoms with Gasteiger partial charge >= 0.3 is 0 Å². The molecule has 2 aromatic carbocycles. The van der Waals surface area contributed by atoms with Gasteiger partial charge in [-0.15, -0.1) is 0 Å². The lowest BCUT2D eigenvalue weighted by Crippen LogP contribution is -2.26. The summed E-state index contributed by atoms with van der Waals surface area (Å²) in [4.78, 5) is 2.39. The van der Waals surface area contributed by atoms with Crippen LogP contribution in [-0.2, 0) is 5.60 Å². The molecule has 0 radical (unpaired) electrons. The minimum Gasteiger partial charge on any atom is -0.494 e. The number of hydrogen-bond acceptors (Lipinski definition) is 3. The van der Waals surface area contributed by atoms with Crippen molar-refractivity contribution >= 4 is 11.6 Å². The van der Waals surface area contributed by atoms with Crippen molar-refractivity contribution in [1.29, 1.82) is 0 Å². The van der Waals surface area contributed by atoms with Gasteiger partial charge in [-0.2, -0.15) is 0 Å². The molecule has 26 heavy (non-hydrogen) atoms. The maximum Gasteiger partial charge on any atom is 0.119 e. The molecule has 4 heteroatoms. The minimum atomic E-state index is -1.05. The molecule has 0 amide bonds. The minimum absolute atomic E-state index is 0.567. The lowest BCUT2D eigenvalue weighted by Gasteiger charge is -2.28. The monoisotopic (exact) mass is 375 g/mol. The molecule has 142 valence electrons. The van der Waals surface area contributed by atoms with Gasteiger partial charge in [-0.25, -0.2) is 0 Å². The van der Waals surface area contributed by atoms with Crippen molar-refractivity contribution in [2.75, 3.05) is 26.2 Å². The van der Waals surface area contributed by atoms with Crippen LogP contribution in [-0.4, -0.2) is 36.2 Å². The maximum absolute atomic E-state index is 11.2. The number of aliphatic hydroxyl groups is 1. The summed E-state index contributed by atoms with van der Waals surface area (Å²) in [6.07, 6.45) is 1.57. The summed E-state index contributed by atoms with van der Waals surface area (Å²) < 4.78 is 5.84. The Morgan fingerprint density at radius 3 is 2.27 bits per heavy atom. The smallest absolute Gasteiger partial charge is 0.119 e. The van der Waals surface area contributed by atoms with Gasteiger partial charge in [0.2, 0.25) is 0 Å². The third-order valence-corrected chi connectivity index (χ3v) is 5.16. The van der Waals surface area contributed by atoms with E-state index >= 15 is 0 Å². The number of benzene rings is 2. The van der Waals surface area contributed by atoms with Gasteiger partial charge in [0.1, 0.15) is 11.4 Å². The molecular weight excluding hydrogens is 346 g/mol. The van der Waals surface area contributed by atoms with Crippen molar-refractivity contribution in [3.63, 3.8) is 0 Å². The highest BCUT2D eigenvalue weighted by Gasteiger charge is 2.29. The Labute approximate surface area is 162 Å². The summed E-state index contributed by atoms with van der Waals surface area (Å²) in [6, 6.07) is 15.1. The molecule has 2 aromatic rings. The standard InChI is InChI=1S/C22H30ClNO2/c1-4-22(25,19-9-7-10-20(23)17-19)18-11-13-21(14-12-18)26-16-8-15-24(5-2)6-3/h7,9-14,17,25H,4-6,8,15-16H2,1-3H3. The molecule has 0 aliphatic carbocycles. The highest BCUT2D eigenvalue weighted by molar-refractivity contribution is 6.30. The molecule has 0 spiro atoms. The van der Waals surface area contributed by atoms with Crippen LogP contribution in [0.5, 0.6) is 5.75 Å². The van der Waals surface area contributed by atoms with Gasteiger partial charge in [-0.1, -0.05) is 56.6 Å². The number of ether oxygens (including phenoxy) is 1. The van der Waals surface area contributed by atoms with Gasteiger partial charge in [-0.05, 0) is 61.3 Å². The van der Waals surface area contributed by atoms with Crippen LogP contribution in [0.1, 0.15) is 44.7 Å². The van der Waals surface area contributed by atoms with Crippen molar-refractivity contribution in [1.82, 2.24) is 4.90 Å². The number of rotatable bonds is 10. The summed E-state index contributed by atoms with van der Waals surface area (Å²) in [7, 11) is 0. The zero-order valence-corrected chi connectivity index (χ0v) is 16.8. The molecule has 0 saturated heterocycles. The second-order valence-corrected chi connectivity index (χ2v) is 6.91. The summed E-state index contributed by atoms with van der Waals surface area (Å²) in [6.45, 7) is 10.2. The van der Waals surface area contributed by atoms with Crippen LogP contribution in [0.4, 0.5) is 0 Å². The average Bonchev–Trinajstić information content (AvgIpc) is 2.68. The number of hydrogen-bond donors (Lipinski definition) is 1. The predicted octanol–water partition coefficient (Wildman–Crippen LogP) is 5.10. The van der Waals surface area contributed by atoms with Crippen molar-refractivity contribution in [3.05, 3.63) is 64.7 Å². The lowest BCUT2D eigenvalue weighted by molar-refractivity contribution is 0.0765. The lowest BCUT2D eigenvalue weighted by atomic mass is 9.84. The highest BCUT2D eigenvalue weighted by Crippen LogP contribution is 2.34. The van der Waals surface area contributed by atoms with Crippen LogP contribution in [0.2, 0.25) is 5.02 Å². The first-order chi connectivity index (χ1) is 12.5. The van der Waals surface area contributed by atoms with E-state index in [-0.39, 0.29) is 0 Å². The Hall–Kier alpha value is -1.55. The van der Waals surface area contributed by atoms with Gasteiger partial charge in [0, 0.05) is 11.6 Å². The van der Waals surface area contributed by atoms with Crippen LogP contribution in [0.25, 0.3) is 0 Å². The molecule has 0 bridgehead atoms. The van der Waals surface area contributed by atoms with E-state index < -0.39 is 5.60 Å². The Morgan fingerprint density at radius 1 is 1.00 bits per heavy atom. The molecule has 1 N–H and O–H groups in total. The van der Waals surface area contributed by atoms with Crippen molar-refractivity contribution in [2.45, 2.75) is 39.2 Å². The quantitative estimate of drug-likeness (QED) is 0.586. The highest BCUT2D eigenvalue weighted by atomic mass is 35.5. The van der Waals surface area contributed by atoms with Crippen molar-refractivity contribution in [2.24, 2.45) is 0 Å². The predicted molar refractivity (Wildman–Crippen MR) is 109 cm³/mol. The van der Waals surface area contributed by atoms with Crippen molar-refractivity contribution in [3.8, 4) is 5.75 Å². The molecule has 0 fully saturated rings. The largest absolute Gasteiger partial charge is 0.494 e. The van der Waals surface area contributed by atoms with E-state index in [9.17, 15) is 5.11 Å². The van der Waals surface area contributed by atoms with Crippen LogP contribution in [0, 0.1) is 0 Å². The number of halogens is 1. The Morgan fingerprint density at radius 2 is 1.69 bits per heavy atom. The topological polar surface area (TPSA) is 32.7 Å². The zero-order valence-electron chi connectivity index (χ0n) is 16.0. The maximum atomic E-state index is 11.2. The fraction of sp³-hybridized carbons (Fsp3) is 0.455. The van der Waals surface area contributed by atoms with Crippen LogP contribution in [0.15, 0.2) is 48.5 Å². The second kappa shape index (κ2) is 9.96. The summed E-state index contributed by atoms with van der Waals surface area (Å²) >= 11 is 6.10. The van der Waals surface area contributed by atoms with Crippen LogP contribution < -0.4 is 4.74 Å². The van der Waals surface area contributed by atoms with Gasteiger partial charge in [0.15, 0.2) is 0 Å². The van der Waals surface area contributed by atoms with E-state index in [1.807, 2.05) is 55.5 Å². The Kier molecular flexibility index (Phi) is 7.95. The summed E-state index contributed by atoms with van der Waals surface area (Å²) in [5.74, 6) is 0.831. The fourth-order valence-electron chi connectivity index (χ4n) is 3.17. The molecule has 0 saturated carbocycles. The summed E-state index contributed by atoms with van der Waals surface area (Å²) in [5, 5.41) is 11.8. The molecule has 3 nitrogen and oxygen atoms in total. The van der Waals surface area contributed by atoms with E-state index in [1.54, 1.807) is 0 Å². The number of nitrogens with zero attached hydrogens (tertiary/aromatic N) is 1. The SMILES string of the molecule is CCN(CC)CCCOc1ccc(C(O)(CC)c2cccc(Cl)c2)cc1.